The SMILES string of the molecule is O=C(NCCOc1ccccc1Cc1ccccc1)c1cncc(Br)c1. The van der Waals surface area contributed by atoms with Crippen LogP contribution in [0.5, 0.6) is 5.75 Å². The van der Waals surface area contributed by atoms with E-state index in [4.69, 9.17) is 4.74 Å². The third-order valence-electron chi connectivity index (χ3n) is 3.82. The lowest BCUT2D eigenvalue weighted by Crippen LogP contribution is -2.28. The molecular formula is C21H19BrN2O2. The molecule has 1 aromatic heterocycles. The molecule has 0 bridgehead atoms. The number of rotatable bonds is 7. The molecule has 3 aromatic rings. The first-order chi connectivity index (χ1) is 12.7. The summed E-state index contributed by atoms with van der Waals surface area (Å²) < 4.78 is 6.65. The summed E-state index contributed by atoms with van der Waals surface area (Å²) in [6.07, 6.45) is 3.99. The molecule has 132 valence electrons. The van der Waals surface area contributed by atoms with E-state index in [1.54, 1.807) is 12.3 Å². The van der Waals surface area contributed by atoms with Gasteiger partial charge in [-0.05, 0) is 39.2 Å². The molecule has 0 aliphatic heterocycles. The van der Waals surface area contributed by atoms with Crippen molar-refractivity contribution in [3.05, 3.63) is 94.2 Å². The van der Waals surface area contributed by atoms with E-state index in [1.165, 1.54) is 11.8 Å². The number of benzene rings is 2. The minimum atomic E-state index is -0.167. The van der Waals surface area contributed by atoms with Gasteiger partial charge in [-0.15, -0.1) is 0 Å². The molecular weight excluding hydrogens is 392 g/mol. The quantitative estimate of drug-likeness (QED) is 0.592. The number of carbonyl (C=O) groups excluding carboxylic acids is 1. The molecule has 3 rings (SSSR count). The molecule has 1 N–H and O–H groups in total. The average molecular weight is 411 g/mol. The Bertz CT molecular complexity index is 869. The molecule has 0 unspecified atom stereocenters. The zero-order valence-corrected chi connectivity index (χ0v) is 15.8. The van der Waals surface area contributed by atoms with Crippen molar-refractivity contribution in [2.45, 2.75) is 6.42 Å². The van der Waals surface area contributed by atoms with Crippen LogP contribution < -0.4 is 10.1 Å². The Morgan fingerprint density at radius 2 is 1.81 bits per heavy atom. The molecule has 5 heteroatoms. The van der Waals surface area contributed by atoms with Gasteiger partial charge in [-0.1, -0.05) is 48.5 Å². The van der Waals surface area contributed by atoms with Crippen LogP contribution in [0.3, 0.4) is 0 Å². The Labute approximate surface area is 161 Å². The van der Waals surface area contributed by atoms with Crippen molar-refractivity contribution in [3.63, 3.8) is 0 Å². The molecule has 0 aliphatic carbocycles. The molecule has 2 aromatic carbocycles. The fourth-order valence-corrected chi connectivity index (χ4v) is 2.93. The van der Waals surface area contributed by atoms with E-state index < -0.39 is 0 Å². The van der Waals surface area contributed by atoms with Crippen LogP contribution in [0.4, 0.5) is 0 Å². The molecule has 0 saturated carbocycles. The summed E-state index contributed by atoms with van der Waals surface area (Å²) in [7, 11) is 0. The zero-order valence-electron chi connectivity index (χ0n) is 14.2. The lowest BCUT2D eigenvalue weighted by molar-refractivity contribution is 0.0946. The van der Waals surface area contributed by atoms with Gasteiger partial charge in [-0.25, -0.2) is 0 Å². The number of ether oxygens (including phenoxy) is 1. The van der Waals surface area contributed by atoms with Gasteiger partial charge in [0.05, 0.1) is 12.1 Å². The van der Waals surface area contributed by atoms with Crippen LogP contribution in [0, 0.1) is 0 Å². The molecule has 0 radical (unpaired) electrons. The van der Waals surface area contributed by atoms with Gasteiger partial charge >= 0.3 is 0 Å². The van der Waals surface area contributed by atoms with Crippen molar-refractivity contribution in [2.24, 2.45) is 0 Å². The molecule has 0 saturated heterocycles. The van der Waals surface area contributed by atoms with Gasteiger partial charge in [0.2, 0.25) is 0 Å². The van der Waals surface area contributed by atoms with Crippen molar-refractivity contribution in [1.82, 2.24) is 10.3 Å². The highest BCUT2D eigenvalue weighted by Gasteiger charge is 2.07. The predicted molar refractivity (Wildman–Crippen MR) is 105 cm³/mol. The first-order valence-corrected chi connectivity index (χ1v) is 9.15. The maximum atomic E-state index is 12.1. The Kier molecular flexibility index (Phi) is 6.39. The number of aromatic nitrogens is 1. The molecule has 1 heterocycles. The number of hydrogen-bond acceptors (Lipinski definition) is 3. The largest absolute Gasteiger partial charge is 0.491 e. The Balaban J connectivity index is 1.53. The highest BCUT2D eigenvalue weighted by atomic mass is 79.9. The number of para-hydroxylation sites is 1. The van der Waals surface area contributed by atoms with Crippen molar-refractivity contribution < 1.29 is 9.53 Å². The number of amides is 1. The topological polar surface area (TPSA) is 51.2 Å². The molecule has 0 aliphatic rings. The van der Waals surface area contributed by atoms with Gasteiger partial charge in [-0.3, -0.25) is 9.78 Å². The van der Waals surface area contributed by atoms with E-state index >= 15 is 0 Å². The third-order valence-corrected chi connectivity index (χ3v) is 4.26. The molecule has 26 heavy (non-hydrogen) atoms. The van der Waals surface area contributed by atoms with Gasteiger partial charge in [0.15, 0.2) is 0 Å². The smallest absolute Gasteiger partial charge is 0.253 e. The van der Waals surface area contributed by atoms with E-state index in [0.29, 0.717) is 18.7 Å². The summed E-state index contributed by atoms with van der Waals surface area (Å²) in [5.41, 5.74) is 2.88. The van der Waals surface area contributed by atoms with Crippen LogP contribution in [-0.2, 0) is 6.42 Å². The normalized spacial score (nSPS) is 10.3. The summed E-state index contributed by atoms with van der Waals surface area (Å²) in [4.78, 5) is 16.1. The summed E-state index contributed by atoms with van der Waals surface area (Å²) in [6.45, 7) is 0.823. The highest BCUT2D eigenvalue weighted by Crippen LogP contribution is 2.21. The second-order valence-corrected chi connectivity index (χ2v) is 6.68. The predicted octanol–water partition coefficient (Wildman–Crippen LogP) is 4.24. The van der Waals surface area contributed by atoms with Gasteiger partial charge < -0.3 is 10.1 Å². The van der Waals surface area contributed by atoms with E-state index in [9.17, 15) is 4.79 Å². The fraction of sp³-hybridized carbons (Fsp3) is 0.143. The summed E-state index contributed by atoms with van der Waals surface area (Å²) in [5, 5.41) is 2.84. The van der Waals surface area contributed by atoms with Crippen LogP contribution >= 0.6 is 15.9 Å². The summed E-state index contributed by atoms with van der Waals surface area (Å²) in [6, 6.07) is 20.0. The third kappa shape index (κ3) is 5.17. The van der Waals surface area contributed by atoms with Gasteiger partial charge in [0.1, 0.15) is 12.4 Å². The number of nitrogens with zero attached hydrogens (tertiary/aromatic N) is 1. The molecule has 0 fully saturated rings. The number of halogens is 1. The maximum Gasteiger partial charge on any atom is 0.253 e. The van der Waals surface area contributed by atoms with Crippen LogP contribution in [0.25, 0.3) is 0 Å². The zero-order chi connectivity index (χ0) is 18.2. The van der Waals surface area contributed by atoms with Gasteiger partial charge in [0, 0.05) is 23.3 Å². The molecule has 1 amide bonds. The second kappa shape index (κ2) is 9.15. The van der Waals surface area contributed by atoms with E-state index in [-0.39, 0.29) is 5.91 Å². The van der Waals surface area contributed by atoms with Crippen molar-refractivity contribution in [2.75, 3.05) is 13.2 Å². The summed E-state index contributed by atoms with van der Waals surface area (Å²) >= 11 is 3.31. The molecule has 0 spiro atoms. The van der Waals surface area contributed by atoms with Gasteiger partial charge in [0.25, 0.3) is 5.91 Å². The number of pyridine rings is 1. The van der Waals surface area contributed by atoms with Gasteiger partial charge in [-0.2, -0.15) is 0 Å². The Morgan fingerprint density at radius 1 is 1.04 bits per heavy atom. The highest BCUT2D eigenvalue weighted by molar-refractivity contribution is 9.10. The Hall–Kier alpha value is -2.66. The van der Waals surface area contributed by atoms with Crippen LogP contribution in [0.15, 0.2) is 77.5 Å². The Morgan fingerprint density at radius 3 is 2.62 bits per heavy atom. The van der Waals surface area contributed by atoms with Crippen LogP contribution in [0.2, 0.25) is 0 Å². The van der Waals surface area contributed by atoms with Crippen LogP contribution in [0.1, 0.15) is 21.5 Å². The average Bonchev–Trinajstić information content (AvgIpc) is 2.67. The van der Waals surface area contributed by atoms with Crippen molar-refractivity contribution >= 4 is 21.8 Å². The fourth-order valence-electron chi connectivity index (χ4n) is 2.57. The second-order valence-electron chi connectivity index (χ2n) is 5.77. The van der Waals surface area contributed by atoms with Crippen LogP contribution in [-0.4, -0.2) is 24.0 Å². The van der Waals surface area contributed by atoms with E-state index in [2.05, 4.69) is 44.4 Å². The first-order valence-electron chi connectivity index (χ1n) is 8.36. The standard InChI is InChI=1S/C21H19BrN2O2/c22-19-13-18(14-23-15-19)21(25)24-10-11-26-20-9-5-4-8-17(20)12-16-6-2-1-3-7-16/h1-9,13-15H,10-12H2,(H,24,25). The lowest BCUT2D eigenvalue weighted by atomic mass is 10.0. The molecule has 0 atom stereocenters. The minimum Gasteiger partial charge on any atom is -0.491 e. The maximum absolute atomic E-state index is 12.1. The van der Waals surface area contributed by atoms with E-state index in [1.807, 2.05) is 36.4 Å². The number of hydrogen-bond donors (Lipinski definition) is 1. The first kappa shape index (κ1) is 18.1. The number of carbonyl (C=O) groups is 1. The number of nitrogens with one attached hydrogen (secondary N) is 1. The minimum absolute atomic E-state index is 0.167. The van der Waals surface area contributed by atoms with Crippen molar-refractivity contribution in [3.8, 4) is 5.75 Å². The van der Waals surface area contributed by atoms with E-state index in [0.717, 1.165) is 22.2 Å². The monoisotopic (exact) mass is 410 g/mol. The summed E-state index contributed by atoms with van der Waals surface area (Å²) in [5.74, 6) is 0.676. The van der Waals surface area contributed by atoms with Crippen molar-refractivity contribution in [1.29, 1.82) is 0 Å². The molecule has 4 nitrogen and oxygen atoms in total. The lowest BCUT2D eigenvalue weighted by Gasteiger charge is -2.12.